The summed E-state index contributed by atoms with van der Waals surface area (Å²) in [5.41, 5.74) is 2.05. The van der Waals surface area contributed by atoms with Crippen LogP contribution in [0.2, 0.25) is 0 Å². The molecule has 2 aromatic rings. The van der Waals surface area contributed by atoms with Crippen molar-refractivity contribution < 1.29 is 9.59 Å². The third-order valence-corrected chi connectivity index (χ3v) is 4.66. The van der Waals surface area contributed by atoms with Gasteiger partial charge in [0.15, 0.2) is 0 Å². The number of nitrogens with one attached hydrogen (secondary N) is 2. The van der Waals surface area contributed by atoms with Gasteiger partial charge in [0.25, 0.3) is 0 Å². The fourth-order valence-electron chi connectivity index (χ4n) is 2.97. The van der Waals surface area contributed by atoms with Crippen molar-refractivity contribution >= 4 is 24.0 Å². The fraction of sp³-hybridized carbons (Fsp3) is 0.308. The lowest BCUT2D eigenvalue weighted by molar-refractivity contribution is -0.117. The van der Waals surface area contributed by atoms with Crippen LogP contribution in [-0.4, -0.2) is 24.9 Å². The van der Waals surface area contributed by atoms with Crippen molar-refractivity contribution in [2.45, 2.75) is 38.5 Å². The number of amides is 2. The highest BCUT2D eigenvalue weighted by atomic mass is 16.2. The minimum atomic E-state index is -0.0455. The van der Waals surface area contributed by atoms with Gasteiger partial charge < -0.3 is 10.6 Å². The van der Waals surface area contributed by atoms with Crippen LogP contribution in [-0.2, 0) is 9.59 Å². The monoisotopic (exact) mass is 404 g/mol. The first-order valence-corrected chi connectivity index (χ1v) is 10.8. The standard InChI is InChI=1S/C26H32N2O2/c29-25(19-17-23-13-7-5-8-14-23)27-21-11-3-1-2-4-12-22-28-26(30)20-18-24-15-9-6-10-16-24/h5-10,13-20H,1-4,11-12,21-22H2,(H,27,29)(H,28,30)/b19-17-,20-18-. The fourth-order valence-corrected chi connectivity index (χ4v) is 2.97. The Morgan fingerprint density at radius 1 is 0.567 bits per heavy atom. The highest BCUT2D eigenvalue weighted by molar-refractivity contribution is 5.92. The Morgan fingerprint density at radius 3 is 1.33 bits per heavy atom. The van der Waals surface area contributed by atoms with E-state index in [-0.39, 0.29) is 11.8 Å². The summed E-state index contributed by atoms with van der Waals surface area (Å²) in [6.45, 7) is 1.42. The van der Waals surface area contributed by atoms with Crippen molar-refractivity contribution in [3.8, 4) is 0 Å². The first-order chi connectivity index (χ1) is 14.7. The van der Waals surface area contributed by atoms with Crippen molar-refractivity contribution in [3.05, 3.63) is 83.9 Å². The van der Waals surface area contributed by atoms with Gasteiger partial charge in [0.1, 0.15) is 0 Å². The van der Waals surface area contributed by atoms with Crippen LogP contribution in [0.1, 0.15) is 49.7 Å². The van der Waals surface area contributed by atoms with Gasteiger partial charge in [0, 0.05) is 25.2 Å². The Labute approximate surface area is 180 Å². The lowest BCUT2D eigenvalue weighted by atomic mass is 10.1. The van der Waals surface area contributed by atoms with Gasteiger partial charge in [0.05, 0.1) is 0 Å². The van der Waals surface area contributed by atoms with Crippen molar-refractivity contribution in [3.63, 3.8) is 0 Å². The molecule has 0 saturated carbocycles. The summed E-state index contributed by atoms with van der Waals surface area (Å²) in [7, 11) is 0. The Kier molecular flexibility index (Phi) is 11.4. The van der Waals surface area contributed by atoms with Crippen LogP contribution >= 0.6 is 0 Å². The predicted octanol–water partition coefficient (Wildman–Crippen LogP) is 4.99. The first kappa shape index (κ1) is 23.1. The van der Waals surface area contributed by atoms with Gasteiger partial charge in [-0.05, 0) is 36.1 Å². The second-order valence-corrected chi connectivity index (χ2v) is 7.19. The van der Waals surface area contributed by atoms with Crippen molar-refractivity contribution in [2.75, 3.05) is 13.1 Å². The van der Waals surface area contributed by atoms with Crippen molar-refractivity contribution in [2.24, 2.45) is 0 Å². The molecule has 0 aliphatic carbocycles. The van der Waals surface area contributed by atoms with Gasteiger partial charge in [-0.2, -0.15) is 0 Å². The van der Waals surface area contributed by atoms with Gasteiger partial charge >= 0.3 is 0 Å². The van der Waals surface area contributed by atoms with Crippen LogP contribution in [0.3, 0.4) is 0 Å². The maximum atomic E-state index is 11.8. The van der Waals surface area contributed by atoms with E-state index in [0.29, 0.717) is 13.1 Å². The molecule has 2 rings (SSSR count). The summed E-state index contributed by atoms with van der Waals surface area (Å²) >= 11 is 0. The van der Waals surface area contributed by atoms with E-state index in [0.717, 1.165) is 49.7 Å². The minimum Gasteiger partial charge on any atom is -0.353 e. The molecule has 0 atom stereocenters. The lowest BCUT2D eigenvalue weighted by Crippen LogP contribution is -2.22. The summed E-state index contributed by atoms with van der Waals surface area (Å²) in [6, 6.07) is 19.6. The van der Waals surface area contributed by atoms with Gasteiger partial charge in [-0.1, -0.05) is 86.3 Å². The average molecular weight is 405 g/mol. The Hall–Kier alpha value is -3.14. The normalized spacial score (nSPS) is 11.1. The van der Waals surface area contributed by atoms with Crippen molar-refractivity contribution in [1.82, 2.24) is 10.6 Å². The maximum absolute atomic E-state index is 11.8. The summed E-state index contributed by atoms with van der Waals surface area (Å²) in [5.74, 6) is -0.0909. The molecule has 0 fully saturated rings. The highest BCUT2D eigenvalue weighted by Crippen LogP contribution is 2.05. The molecular weight excluding hydrogens is 372 g/mol. The van der Waals surface area contributed by atoms with Gasteiger partial charge in [-0.25, -0.2) is 0 Å². The topological polar surface area (TPSA) is 58.2 Å². The van der Waals surface area contributed by atoms with Crippen LogP contribution in [0.4, 0.5) is 0 Å². The van der Waals surface area contributed by atoms with E-state index in [1.54, 1.807) is 12.2 Å². The molecule has 2 amide bonds. The predicted molar refractivity (Wildman–Crippen MR) is 125 cm³/mol. The maximum Gasteiger partial charge on any atom is 0.243 e. The van der Waals surface area contributed by atoms with Crippen LogP contribution in [0, 0.1) is 0 Å². The molecule has 0 aromatic heterocycles. The zero-order chi connectivity index (χ0) is 21.3. The van der Waals surface area contributed by atoms with Crippen LogP contribution < -0.4 is 10.6 Å². The Balaban J connectivity index is 1.40. The van der Waals surface area contributed by atoms with Crippen LogP contribution in [0.15, 0.2) is 72.8 Å². The number of hydrogen-bond acceptors (Lipinski definition) is 2. The molecule has 0 aliphatic heterocycles. The quantitative estimate of drug-likeness (QED) is 0.365. The number of carbonyl (C=O) groups is 2. The first-order valence-electron chi connectivity index (χ1n) is 10.8. The molecule has 0 saturated heterocycles. The van der Waals surface area contributed by atoms with E-state index in [1.807, 2.05) is 72.8 Å². The van der Waals surface area contributed by atoms with Gasteiger partial charge in [0.2, 0.25) is 11.8 Å². The molecule has 0 aliphatic rings. The van der Waals surface area contributed by atoms with E-state index in [9.17, 15) is 9.59 Å². The number of hydrogen-bond donors (Lipinski definition) is 2. The smallest absolute Gasteiger partial charge is 0.243 e. The molecule has 2 N–H and O–H groups in total. The molecular formula is C26H32N2O2. The molecule has 0 heterocycles. The number of benzene rings is 2. The number of carbonyl (C=O) groups excluding carboxylic acids is 2. The molecule has 0 spiro atoms. The van der Waals surface area contributed by atoms with E-state index in [1.165, 1.54) is 0 Å². The third-order valence-electron chi connectivity index (χ3n) is 4.66. The van der Waals surface area contributed by atoms with E-state index >= 15 is 0 Å². The minimum absolute atomic E-state index is 0.0455. The molecule has 2 aromatic carbocycles. The Morgan fingerprint density at radius 2 is 0.933 bits per heavy atom. The Bertz CT molecular complexity index is 729. The molecule has 0 unspecified atom stereocenters. The zero-order valence-corrected chi connectivity index (χ0v) is 17.6. The van der Waals surface area contributed by atoms with Crippen LogP contribution in [0.25, 0.3) is 12.2 Å². The van der Waals surface area contributed by atoms with Gasteiger partial charge in [-0.3, -0.25) is 9.59 Å². The molecule has 158 valence electrons. The summed E-state index contributed by atoms with van der Waals surface area (Å²) < 4.78 is 0. The molecule has 0 bridgehead atoms. The summed E-state index contributed by atoms with van der Waals surface area (Å²) in [6.07, 6.45) is 13.3. The van der Waals surface area contributed by atoms with E-state index in [4.69, 9.17) is 0 Å². The largest absolute Gasteiger partial charge is 0.353 e. The highest BCUT2D eigenvalue weighted by Gasteiger charge is 1.97. The number of rotatable bonds is 13. The van der Waals surface area contributed by atoms with E-state index in [2.05, 4.69) is 10.6 Å². The SMILES string of the molecule is O=C(/C=C\c1ccccc1)NCCCCCCCCNC(=O)/C=C\c1ccccc1. The van der Waals surface area contributed by atoms with Crippen molar-refractivity contribution in [1.29, 1.82) is 0 Å². The van der Waals surface area contributed by atoms with Gasteiger partial charge in [-0.15, -0.1) is 0 Å². The molecule has 0 radical (unpaired) electrons. The lowest BCUT2D eigenvalue weighted by Gasteiger charge is -2.04. The second kappa shape index (κ2) is 14.8. The molecule has 30 heavy (non-hydrogen) atoms. The molecule has 4 heteroatoms. The number of unbranched alkanes of at least 4 members (excludes halogenated alkanes) is 5. The van der Waals surface area contributed by atoms with Crippen LogP contribution in [0.5, 0.6) is 0 Å². The second-order valence-electron chi connectivity index (χ2n) is 7.19. The summed E-state index contributed by atoms with van der Waals surface area (Å²) in [4.78, 5) is 23.5. The van der Waals surface area contributed by atoms with E-state index < -0.39 is 0 Å². The third kappa shape index (κ3) is 11.0. The summed E-state index contributed by atoms with van der Waals surface area (Å²) in [5, 5.41) is 5.84. The average Bonchev–Trinajstić information content (AvgIpc) is 2.79. The molecule has 4 nitrogen and oxygen atoms in total. The zero-order valence-electron chi connectivity index (χ0n) is 17.6.